The second-order valence-corrected chi connectivity index (χ2v) is 11.5. The van der Waals surface area contributed by atoms with Gasteiger partial charge in [0.2, 0.25) is 0 Å². The third-order valence-electron chi connectivity index (χ3n) is 6.17. The normalized spacial score (nSPS) is 21.7. The minimum Gasteiger partial charge on any atom is -0.463 e. The van der Waals surface area contributed by atoms with Crippen LogP contribution in [0.3, 0.4) is 0 Å². The third kappa shape index (κ3) is 11.3. The van der Waals surface area contributed by atoms with Crippen LogP contribution in [0, 0.1) is 0 Å². The van der Waals surface area contributed by atoms with E-state index in [2.05, 4.69) is 9.71 Å². The van der Waals surface area contributed by atoms with Gasteiger partial charge < -0.3 is 28.4 Å². The molecule has 45 heavy (non-hydrogen) atoms. The van der Waals surface area contributed by atoms with E-state index in [1.807, 2.05) is 30.3 Å². The third-order valence-corrected chi connectivity index (χ3v) is 7.57. The molecule has 0 spiro atoms. The van der Waals surface area contributed by atoms with E-state index in [9.17, 15) is 27.6 Å². The van der Waals surface area contributed by atoms with Gasteiger partial charge in [-0.15, -0.1) is 0 Å². The molecule has 1 heterocycles. The second-order valence-electron chi connectivity index (χ2n) is 9.86. The summed E-state index contributed by atoms with van der Waals surface area (Å²) in [6.45, 7) is 4.01. The molecule has 1 aliphatic heterocycles. The van der Waals surface area contributed by atoms with Crippen LogP contribution in [0.1, 0.15) is 39.7 Å². The predicted molar refractivity (Wildman–Crippen MR) is 157 cm³/mol. The molecule has 2 aromatic carbocycles. The molecule has 244 valence electrons. The zero-order valence-electron chi connectivity index (χ0n) is 25.2. The number of benzene rings is 2. The molecule has 0 aromatic heterocycles. The number of esters is 4. The van der Waals surface area contributed by atoms with Crippen molar-refractivity contribution in [3.05, 3.63) is 66.2 Å². The Kier molecular flexibility index (Phi) is 13.0. The number of carbonyl (C=O) groups excluding carboxylic acids is 4. The fourth-order valence-corrected chi connectivity index (χ4v) is 5.45. The SMILES string of the molecule is CC(=O)OC[C@H]1O[C@H](OCCC(=NCc2ccccc2)NS(=O)(=O)c2ccccc2)[C@@H](OC(C)=O)[C@@H](OC(C)=O)[C@@H]1OC(C)=O. The van der Waals surface area contributed by atoms with Crippen molar-refractivity contribution in [3.63, 3.8) is 0 Å². The molecular weight excluding hydrogens is 612 g/mol. The number of amidine groups is 1. The number of nitrogens with zero attached hydrogens (tertiary/aromatic N) is 1. The van der Waals surface area contributed by atoms with Gasteiger partial charge in [0.1, 0.15) is 18.5 Å². The zero-order chi connectivity index (χ0) is 33.0. The van der Waals surface area contributed by atoms with Crippen molar-refractivity contribution < 1.29 is 56.0 Å². The summed E-state index contributed by atoms with van der Waals surface area (Å²) in [5.74, 6) is -2.93. The van der Waals surface area contributed by atoms with Crippen molar-refractivity contribution in [1.82, 2.24) is 4.72 Å². The van der Waals surface area contributed by atoms with E-state index in [0.29, 0.717) is 0 Å². The summed E-state index contributed by atoms with van der Waals surface area (Å²) in [5.41, 5.74) is 0.828. The molecule has 2 aromatic rings. The van der Waals surface area contributed by atoms with Crippen molar-refractivity contribution in [2.45, 2.75) is 76.3 Å². The van der Waals surface area contributed by atoms with Gasteiger partial charge in [-0.25, -0.2) is 8.42 Å². The molecule has 1 N–H and O–H groups in total. The first kappa shape index (κ1) is 35.1. The van der Waals surface area contributed by atoms with Crippen molar-refractivity contribution in [2.75, 3.05) is 13.2 Å². The van der Waals surface area contributed by atoms with Crippen LogP contribution in [0.25, 0.3) is 0 Å². The second kappa shape index (κ2) is 16.7. The number of hydrogen-bond acceptors (Lipinski definition) is 13. The Bertz CT molecular complexity index is 1450. The lowest BCUT2D eigenvalue weighted by Gasteiger charge is -2.44. The molecule has 0 bridgehead atoms. The molecule has 0 radical (unpaired) electrons. The molecule has 5 atom stereocenters. The smallest absolute Gasteiger partial charge is 0.303 e. The Hall–Kier alpha value is -4.34. The lowest BCUT2D eigenvalue weighted by Crippen LogP contribution is -2.63. The van der Waals surface area contributed by atoms with Crippen LogP contribution in [0.15, 0.2) is 70.6 Å². The summed E-state index contributed by atoms with van der Waals surface area (Å²) in [4.78, 5) is 52.1. The molecule has 3 rings (SSSR count). The highest BCUT2D eigenvalue weighted by Crippen LogP contribution is 2.30. The number of aliphatic imine (C=N–C) groups is 1. The first-order chi connectivity index (χ1) is 21.4. The zero-order valence-corrected chi connectivity index (χ0v) is 26.1. The average molecular weight is 649 g/mol. The minimum atomic E-state index is -4.00. The Morgan fingerprint density at radius 3 is 1.91 bits per heavy atom. The summed E-state index contributed by atoms with van der Waals surface area (Å²) in [6, 6.07) is 16.9. The molecule has 14 nitrogen and oxygen atoms in total. The van der Waals surface area contributed by atoms with Gasteiger partial charge in [0.05, 0.1) is 18.0 Å². The Labute approximate surface area is 261 Å². The number of carbonyl (C=O) groups is 4. The van der Waals surface area contributed by atoms with Crippen LogP contribution in [-0.2, 0) is 64.2 Å². The molecule has 0 aliphatic carbocycles. The predicted octanol–water partition coefficient (Wildman–Crippen LogP) is 2.05. The fraction of sp³-hybridized carbons (Fsp3) is 0.433. The van der Waals surface area contributed by atoms with E-state index >= 15 is 0 Å². The quantitative estimate of drug-likeness (QED) is 0.145. The van der Waals surface area contributed by atoms with Crippen LogP contribution < -0.4 is 4.72 Å². The lowest BCUT2D eigenvalue weighted by atomic mass is 9.98. The first-order valence-electron chi connectivity index (χ1n) is 13.9. The van der Waals surface area contributed by atoms with Gasteiger partial charge in [0.25, 0.3) is 10.0 Å². The van der Waals surface area contributed by atoms with Gasteiger partial charge in [-0.3, -0.25) is 28.9 Å². The summed E-state index contributed by atoms with van der Waals surface area (Å²) < 4.78 is 61.7. The maximum atomic E-state index is 13.1. The highest BCUT2D eigenvalue weighted by atomic mass is 32.2. The molecule has 0 unspecified atom stereocenters. The average Bonchev–Trinajstić information content (AvgIpc) is 2.98. The van der Waals surface area contributed by atoms with Crippen molar-refractivity contribution in [2.24, 2.45) is 4.99 Å². The Balaban J connectivity index is 1.87. The van der Waals surface area contributed by atoms with Gasteiger partial charge in [-0.1, -0.05) is 48.5 Å². The number of rotatable bonds is 13. The van der Waals surface area contributed by atoms with E-state index in [1.165, 1.54) is 12.1 Å². The lowest BCUT2D eigenvalue weighted by molar-refractivity contribution is -0.307. The molecular formula is C30H36N2O12S. The number of ether oxygens (including phenoxy) is 6. The summed E-state index contributed by atoms with van der Waals surface area (Å²) >= 11 is 0. The summed E-state index contributed by atoms with van der Waals surface area (Å²) in [7, 11) is -4.00. The Morgan fingerprint density at radius 1 is 0.778 bits per heavy atom. The van der Waals surface area contributed by atoms with Gasteiger partial charge >= 0.3 is 23.9 Å². The van der Waals surface area contributed by atoms with Crippen molar-refractivity contribution in [1.29, 1.82) is 0 Å². The fourth-order valence-electron chi connectivity index (χ4n) is 4.34. The van der Waals surface area contributed by atoms with Gasteiger partial charge in [0.15, 0.2) is 24.6 Å². The maximum Gasteiger partial charge on any atom is 0.303 e. The van der Waals surface area contributed by atoms with Crippen LogP contribution in [0.5, 0.6) is 0 Å². The standard InChI is InChI=1S/C30H36N2O12S/c1-19(33)40-18-25-27(41-20(2)34)28(42-21(3)35)29(43-22(4)36)30(44-25)39-16-15-26(31-17-23-11-7-5-8-12-23)32-45(37,38)24-13-9-6-10-14-24/h5-14,25,27-30H,15-18H2,1-4H3,(H,31,32)/t25-,27-,28+,29+,30+/m1/s1. The molecule has 15 heteroatoms. The van der Waals surface area contributed by atoms with E-state index in [0.717, 1.165) is 33.3 Å². The van der Waals surface area contributed by atoms with Gasteiger partial charge in [0, 0.05) is 34.1 Å². The highest BCUT2D eigenvalue weighted by molar-refractivity contribution is 7.90. The van der Waals surface area contributed by atoms with E-state index < -0.39 is 71.2 Å². The van der Waals surface area contributed by atoms with Crippen molar-refractivity contribution >= 4 is 39.7 Å². The van der Waals surface area contributed by atoms with E-state index in [-0.39, 0.29) is 30.3 Å². The van der Waals surface area contributed by atoms with Gasteiger partial charge in [-0.2, -0.15) is 0 Å². The van der Waals surface area contributed by atoms with E-state index in [4.69, 9.17) is 28.4 Å². The highest BCUT2D eigenvalue weighted by Gasteiger charge is 2.52. The topological polar surface area (TPSA) is 182 Å². The summed E-state index contributed by atoms with van der Waals surface area (Å²) in [5, 5.41) is 0. The molecule has 1 fully saturated rings. The molecule has 1 aliphatic rings. The first-order valence-corrected chi connectivity index (χ1v) is 15.4. The largest absolute Gasteiger partial charge is 0.463 e. The van der Waals surface area contributed by atoms with Crippen LogP contribution in [0.2, 0.25) is 0 Å². The van der Waals surface area contributed by atoms with Crippen LogP contribution in [0.4, 0.5) is 0 Å². The van der Waals surface area contributed by atoms with E-state index in [1.54, 1.807) is 18.2 Å². The van der Waals surface area contributed by atoms with Gasteiger partial charge in [-0.05, 0) is 17.7 Å². The van der Waals surface area contributed by atoms with Crippen LogP contribution >= 0.6 is 0 Å². The van der Waals surface area contributed by atoms with Crippen LogP contribution in [-0.4, -0.2) is 82.1 Å². The Morgan fingerprint density at radius 2 is 1.33 bits per heavy atom. The molecule has 0 amide bonds. The molecule has 1 saturated heterocycles. The molecule has 0 saturated carbocycles. The summed E-state index contributed by atoms with van der Waals surface area (Å²) in [6.07, 6.45) is -6.86. The van der Waals surface area contributed by atoms with Crippen molar-refractivity contribution in [3.8, 4) is 0 Å². The minimum absolute atomic E-state index is 0.0258. The monoisotopic (exact) mass is 648 g/mol. The number of sulfonamides is 1. The number of hydrogen-bond donors (Lipinski definition) is 1. The number of nitrogens with one attached hydrogen (secondary N) is 1. The maximum absolute atomic E-state index is 13.1.